The molecule has 0 saturated carbocycles. The van der Waals surface area contributed by atoms with E-state index in [4.69, 9.17) is 4.42 Å². The number of nitrogens with zero attached hydrogens (tertiary/aromatic N) is 3. The van der Waals surface area contributed by atoms with Crippen LogP contribution in [0.5, 0.6) is 0 Å². The van der Waals surface area contributed by atoms with Crippen LogP contribution in [-0.2, 0) is 11.2 Å². The number of aryl methyl sites for hydroxylation is 1. The monoisotopic (exact) mass is 349 g/mol. The van der Waals surface area contributed by atoms with Gasteiger partial charge in [0.2, 0.25) is 5.91 Å². The number of carbonyl (C=O) groups excluding carboxylic acids is 1. The Hall–Kier alpha value is -1.70. The summed E-state index contributed by atoms with van der Waals surface area (Å²) in [5.74, 6) is 1.72. The van der Waals surface area contributed by atoms with Gasteiger partial charge in [0, 0.05) is 38.1 Å². The second-order valence-corrected chi connectivity index (χ2v) is 7.12. The predicted octanol–water partition coefficient (Wildman–Crippen LogP) is 1.78. The summed E-state index contributed by atoms with van der Waals surface area (Å²) in [5, 5.41) is 12.2. The van der Waals surface area contributed by atoms with Crippen molar-refractivity contribution >= 4 is 17.2 Å². The molecule has 7 heteroatoms. The molecule has 3 heterocycles. The molecular weight excluding hydrogens is 326 g/mol. The highest BCUT2D eigenvalue weighted by molar-refractivity contribution is 7.13. The Morgan fingerprint density at radius 1 is 1.38 bits per heavy atom. The average molecular weight is 349 g/mol. The van der Waals surface area contributed by atoms with Crippen molar-refractivity contribution in [2.75, 3.05) is 32.7 Å². The van der Waals surface area contributed by atoms with Crippen molar-refractivity contribution in [3.8, 4) is 10.8 Å². The first-order chi connectivity index (χ1) is 11.5. The highest BCUT2D eigenvalue weighted by Crippen LogP contribution is 2.25. The van der Waals surface area contributed by atoms with Crippen molar-refractivity contribution in [2.45, 2.75) is 26.4 Å². The van der Waals surface area contributed by atoms with Gasteiger partial charge in [0.15, 0.2) is 10.8 Å². The smallest absolute Gasteiger partial charge is 0.228 e. The van der Waals surface area contributed by atoms with Crippen LogP contribution in [0.2, 0.25) is 0 Å². The molecule has 2 aromatic rings. The topological polar surface area (TPSA) is 69.8 Å². The van der Waals surface area contributed by atoms with Gasteiger partial charge in [-0.2, -0.15) is 0 Å². The first-order valence-electron chi connectivity index (χ1n) is 8.20. The maximum Gasteiger partial charge on any atom is 0.228 e. The number of amides is 1. The summed E-state index contributed by atoms with van der Waals surface area (Å²) in [5.41, 5.74) is 0.792. The summed E-state index contributed by atoms with van der Waals surface area (Å²) in [4.78, 5) is 21.0. The molecule has 2 aromatic heterocycles. The lowest BCUT2D eigenvalue weighted by atomic mass is 10.2. The fourth-order valence-corrected chi connectivity index (χ4v) is 3.65. The second kappa shape index (κ2) is 7.46. The van der Waals surface area contributed by atoms with Gasteiger partial charge in [0.05, 0.1) is 18.2 Å². The van der Waals surface area contributed by atoms with Gasteiger partial charge in [-0.05, 0) is 26.0 Å². The van der Waals surface area contributed by atoms with E-state index in [1.807, 2.05) is 29.3 Å². The molecule has 0 aliphatic carbocycles. The molecule has 1 atom stereocenters. The molecule has 0 aromatic carbocycles. The minimum Gasteiger partial charge on any atom is -0.459 e. The van der Waals surface area contributed by atoms with Crippen molar-refractivity contribution in [3.05, 3.63) is 29.0 Å². The van der Waals surface area contributed by atoms with Crippen LogP contribution in [-0.4, -0.2) is 64.6 Å². The Bertz CT molecular complexity index is 687. The van der Waals surface area contributed by atoms with Gasteiger partial charge in [-0.15, -0.1) is 11.3 Å². The van der Waals surface area contributed by atoms with E-state index in [1.165, 1.54) is 11.3 Å². The standard InChI is InChI=1S/C17H23N3O3S/c1-12(21)10-19-5-7-20(8-6-19)16(22)9-14-11-24-17(18-14)15-4-3-13(2)23-15/h3-4,11-12,21H,5-10H2,1-2H3/t12-/m0/s1. The number of piperazine rings is 1. The molecule has 0 radical (unpaired) electrons. The van der Waals surface area contributed by atoms with Crippen molar-refractivity contribution < 1.29 is 14.3 Å². The molecule has 3 rings (SSSR count). The number of aliphatic hydroxyl groups excluding tert-OH is 1. The third-order valence-corrected chi connectivity index (χ3v) is 4.99. The number of furan rings is 1. The van der Waals surface area contributed by atoms with E-state index >= 15 is 0 Å². The van der Waals surface area contributed by atoms with Gasteiger partial charge in [-0.3, -0.25) is 9.69 Å². The largest absolute Gasteiger partial charge is 0.459 e. The zero-order valence-electron chi connectivity index (χ0n) is 14.1. The molecular formula is C17H23N3O3S. The third-order valence-electron chi connectivity index (χ3n) is 4.08. The SMILES string of the molecule is Cc1ccc(-c2nc(CC(=O)N3CCN(C[C@H](C)O)CC3)cs2)o1. The summed E-state index contributed by atoms with van der Waals surface area (Å²) in [7, 11) is 0. The first-order valence-corrected chi connectivity index (χ1v) is 9.08. The lowest BCUT2D eigenvalue weighted by Crippen LogP contribution is -2.50. The summed E-state index contributed by atoms with van der Waals surface area (Å²) >= 11 is 1.50. The number of hydrogen-bond acceptors (Lipinski definition) is 6. The second-order valence-electron chi connectivity index (χ2n) is 6.26. The summed E-state index contributed by atoms with van der Waals surface area (Å²) in [6.07, 6.45) is -0.00187. The van der Waals surface area contributed by atoms with Gasteiger partial charge in [0.1, 0.15) is 5.76 Å². The number of hydrogen-bond donors (Lipinski definition) is 1. The van der Waals surface area contributed by atoms with E-state index in [0.717, 1.165) is 35.3 Å². The number of carbonyl (C=O) groups is 1. The zero-order valence-corrected chi connectivity index (χ0v) is 14.9. The molecule has 1 aliphatic heterocycles. The Morgan fingerprint density at radius 3 is 2.75 bits per heavy atom. The van der Waals surface area contributed by atoms with Crippen LogP contribution >= 0.6 is 11.3 Å². The predicted molar refractivity (Wildman–Crippen MR) is 93.0 cm³/mol. The number of aromatic nitrogens is 1. The summed E-state index contributed by atoms with van der Waals surface area (Å²) in [6, 6.07) is 3.81. The minimum absolute atomic E-state index is 0.110. The minimum atomic E-state index is -0.328. The van der Waals surface area contributed by atoms with Crippen LogP contribution in [0.4, 0.5) is 0 Å². The first kappa shape index (κ1) is 17.1. The fraction of sp³-hybridized carbons (Fsp3) is 0.529. The maximum atomic E-state index is 12.4. The fourth-order valence-electron chi connectivity index (χ4n) is 2.87. The molecule has 6 nitrogen and oxygen atoms in total. The maximum absolute atomic E-state index is 12.4. The molecule has 0 bridgehead atoms. The van der Waals surface area contributed by atoms with Crippen LogP contribution in [0.1, 0.15) is 18.4 Å². The molecule has 1 fully saturated rings. The van der Waals surface area contributed by atoms with Crippen LogP contribution in [0.25, 0.3) is 10.8 Å². The number of rotatable bonds is 5. The van der Waals surface area contributed by atoms with Crippen molar-refractivity contribution in [2.24, 2.45) is 0 Å². The number of aliphatic hydroxyl groups is 1. The van der Waals surface area contributed by atoms with E-state index in [-0.39, 0.29) is 12.0 Å². The van der Waals surface area contributed by atoms with Crippen molar-refractivity contribution in [1.29, 1.82) is 0 Å². The highest BCUT2D eigenvalue weighted by atomic mass is 32.1. The van der Waals surface area contributed by atoms with E-state index in [0.29, 0.717) is 26.1 Å². The van der Waals surface area contributed by atoms with E-state index in [2.05, 4.69) is 9.88 Å². The molecule has 1 saturated heterocycles. The average Bonchev–Trinajstić information content (AvgIpc) is 3.16. The zero-order chi connectivity index (χ0) is 17.1. The highest BCUT2D eigenvalue weighted by Gasteiger charge is 2.22. The van der Waals surface area contributed by atoms with E-state index in [1.54, 1.807) is 6.92 Å². The van der Waals surface area contributed by atoms with Crippen LogP contribution in [0.15, 0.2) is 21.9 Å². The van der Waals surface area contributed by atoms with Crippen LogP contribution in [0, 0.1) is 6.92 Å². The Kier molecular flexibility index (Phi) is 5.33. The van der Waals surface area contributed by atoms with Gasteiger partial charge in [0.25, 0.3) is 0 Å². The number of β-amino-alcohol motifs (C(OH)–C–C–N with tert-alkyl or cyclic N) is 1. The van der Waals surface area contributed by atoms with Gasteiger partial charge in [-0.25, -0.2) is 4.98 Å². The normalized spacial score (nSPS) is 17.2. The molecule has 0 unspecified atom stereocenters. The van der Waals surface area contributed by atoms with Crippen molar-refractivity contribution in [3.63, 3.8) is 0 Å². The molecule has 1 amide bonds. The van der Waals surface area contributed by atoms with Crippen LogP contribution < -0.4 is 0 Å². The summed E-state index contributed by atoms with van der Waals surface area (Å²) in [6.45, 7) is 7.39. The molecule has 0 spiro atoms. The Balaban J connectivity index is 1.53. The molecule has 24 heavy (non-hydrogen) atoms. The van der Waals surface area contributed by atoms with Crippen molar-refractivity contribution in [1.82, 2.24) is 14.8 Å². The quantitative estimate of drug-likeness (QED) is 0.891. The summed E-state index contributed by atoms with van der Waals surface area (Å²) < 4.78 is 5.57. The van der Waals surface area contributed by atoms with Crippen LogP contribution in [0.3, 0.4) is 0 Å². The van der Waals surface area contributed by atoms with E-state index in [9.17, 15) is 9.90 Å². The van der Waals surface area contributed by atoms with Gasteiger partial charge < -0.3 is 14.4 Å². The Labute approximate surface area is 145 Å². The van der Waals surface area contributed by atoms with Gasteiger partial charge in [-0.1, -0.05) is 0 Å². The van der Waals surface area contributed by atoms with E-state index < -0.39 is 0 Å². The third kappa shape index (κ3) is 4.23. The lowest BCUT2D eigenvalue weighted by Gasteiger charge is -2.35. The molecule has 130 valence electrons. The molecule has 1 N–H and O–H groups in total. The Morgan fingerprint density at radius 2 is 2.12 bits per heavy atom. The lowest BCUT2D eigenvalue weighted by molar-refractivity contribution is -0.132. The molecule has 1 aliphatic rings. The number of thiazole rings is 1. The van der Waals surface area contributed by atoms with Gasteiger partial charge >= 0.3 is 0 Å².